The number of nitrogens with one attached hydrogen (secondary N) is 1. The predicted molar refractivity (Wildman–Crippen MR) is 90.7 cm³/mol. The molecule has 1 aliphatic heterocycles. The Kier molecular flexibility index (Phi) is 5.22. The summed E-state index contributed by atoms with van der Waals surface area (Å²) in [6.45, 7) is 1.90. The number of carbonyl (C=O) groups excluding carboxylic acids is 1. The lowest BCUT2D eigenvalue weighted by Gasteiger charge is -2.19. The number of rotatable bonds is 6. The average molecular weight is 352 g/mol. The Morgan fingerprint density at radius 2 is 1.83 bits per heavy atom. The third-order valence-corrected chi connectivity index (χ3v) is 5.54. The van der Waals surface area contributed by atoms with Crippen molar-refractivity contribution < 1.29 is 17.9 Å². The number of amides is 1. The van der Waals surface area contributed by atoms with Crippen molar-refractivity contribution in [3.05, 3.63) is 35.9 Å². The van der Waals surface area contributed by atoms with Crippen LogP contribution in [0.4, 0.5) is 0 Å². The Morgan fingerprint density at radius 3 is 2.42 bits per heavy atom. The first kappa shape index (κ1) is 17.4. The third kappa shape index (κ3) is 4.55. The molecule has 1 amide bonds. The smallest absolute Gasteiger partial charge is 0.237 e. The normalized spacial score (nSPS) is 26.5. The monoisotopic (exact) mass is 352 g/mol. The van der Waals surface area contributed by atoms with Gasteiger partial charge in [-0.25, -0.2) is 13.1 Å². The van der Waals surface area contributed by atoms with E-state index in [0.717, 1.165) is 19.1 Å². The van der Waals surface area contributed by atoms with E-state index in [-0.39, 0.29) is 18.6 Å². The van der Waals surface area contributed by atoms with Crippen LogP contribution in [0, 0.1) is 11.8 Å². The van der Waals surface area contributed by atoms with Crippen LogP contribution >= 0.6 is 0 Å². The summed E-state index contributed by atoms with van der Waals surface area (Å²) in [6, 6.07) is 10.1. The zero-order valence-corrected chi connectivity index (χ0v) is 14.7. The van der Waals surface area contributed by atoms with Crippen LogP contribution in [0.25, 0.3) is 0 Å². The fourth-order valence-corrected chi connectivity index (χ4v) is 4.06. The minimum Gasteiger partial charge on any atom is -0.374 e. The molecule has 1 unspecified atom stereocenters. The molecule has 1 heterocycles. The summed E-state index contributed by atoms with van der Waals surface area (Å²) < 4.78 is 30.4. The van der Waals surface area contributed by atoms with E-state index in [1.807, 2.05) is 18.2 Å². The molecule has 1 aliphatic carbocycles. The van der Waals surface area contributed by atoms with Crippen molar-refractivity contribution in [3.63, 3.8) is 0 Å². The van der Waals surface area contributed by atoms with E-state index in [1.165, 1.54) is 5.56 Å². The average Bonchev–Trinajstić information content (AvgIpc) is 3.09. The molecule has 24 heavy (non-hydrogen) atoms. The van der Waals surface area contributed by atoms with E-state index in [1.54, 1.807) is 4.90 Å². The molecule has 1 N–H and O–H groups in total. The SMILES string of the molecule is CS(=O)(=O)NCC(=O)N1C[C@H]2CC(OCc3ccccc3)C[C@H]2C1. The number of benzene rings is 1. The Balaban J connectivity index is 1.43. The molecule has 1 aromatic carbocycles. The first-order valence-electron chi connectivity index (χ1n) is 8.28. The number of hydrogen-bond donors (Lipinski definition) is 1. The Bertz CT molecular complexity index is 663. The predicted octanol–water partition coefficient (Wildman–Crippen LogP) is 0.989. The standard InChI is InChI=1S/C17H24N2O4S/c1-24(21,22)18-9-17(20)19-10-14-7-16(8-15(14)11-19)23-12-13-5-3-2-4-6-13/h2-6,14-16,18H,7-12H2,1H3/t14-,15+,16?. The molecular formula is C17H24N2O4S. The quantitative estimate of drug-likeness (QED) is 0.828. The number of hydrogen-bond acceptors (Lipinski definition) is 4. The lowest BCUT2D eigenvalue weighted by molar-refractivity contribution is -0.129. The fraction of sp³-hybridized carbons (Fsp3) is 0.588. The summed E-state index contributed by atoms with van der Waals surface area (Å²) >= 11 is 0. The molecule has 2 fully saturated rings. The molecule has 7 heteroatoms. The fourth-order valence-electron chi connectivity index (χ4n) is 3.68. The number of likely N-dealkylation sites (tertiary alicyclic amines) is 1. The van der Waals surface area contributed by atoms with Crippen molar-refractivity contribution in [1.29, 1.82) is 0 Å². The van der Waals surface area contributed by atoms with Gasteiger partial charge in [0.15, 0.2) is 0 Å². The van der Waals surface area contributed by atoms with Crippen LogP contribution in [-0.4, -0.2) is 51.2 Å². The van der Waals surface area contributed by atoms with E-state index < -0.39 is 10.0 Å². The number of sulfonamides is 1. The number of ether oxygens (including phenoxy) is 1. The highest BCUT2D eigenvalue weighted by molar-refractivity contribution is 7.88. The Morgan fingerprint density at radius 1 is 1.21 bits per heavy atom. The van der Waals surface area contributed by atoms with Gasteiger partial charge in [0.25, 0.3) is 0 Å². The maximum atomic E-state index is 12.1. The summed E-state index contributed by atoms with van der Waals surface area (Å²) in [7, 11) is -3.33. The van der Waals surface area contributed by atoms with Gasteiger partial charge in [-0.3, -0.25) is 4.79 Å². The number of nitrogens with zero attached hydrogens (tertiary/aromatic N) is 1. The first-order chi connectivity index (χ1) is 11.4. The molecule has 0 spiro atoms. The lowest BCUT2D eigenvalue weighted by Crippen LogP contribution is -2.39. The van der Waals surface area contributed by atoms with Crippen molar-refractivity contribution in [1.82, 2.24) is 9.62 Å². The van der Waals surface area contributed by atoms with Crippen LogP contribution in [0.15, 0.2) is 30.3 Å². The summed E-state index contributed by atoms with van der Waals surface area (Å²) in [6.07, 6.45) is 3.27. The van der Waals surface area contributed by atoms with Crippen LogP contribution < -0.4 is 4.72 Å². The number of carbonyl (C=O) groups is 1. The van der Waals surface area contributed by atoms with Crippen LogP contribution in [-0.2, 0) is 26.2 Å². The van der Waals surface area contributed by atoms with Crippen LogP contribution in [0.5, 0.6) is 0 Å². The molecule has 132 valence electrons. The lowest BCUT2D eigenvalue weighted by atomic mass is 10.0. The van der Waals surface area contributed by atoms with Gasteiger partial charge in [-0.15, -0.1) is 0 Å². The molecular weight excluding hydrogens is 328 g/mol. The van der Waals surface area contributed by atoms with Gasteiger partial charge in [0.2, 0.25) is 15.9 Å². The molecule has 0 radical (unpaired) electrons. The van der Waals surface area contributed by atoms with Gasteiger partial charge in [0.05, 0.1) is 25.5 Å². The van der Waals surface area contributed by atoms with Gasteiger partial charge in [-0.1, -0.05) is 30.3 Å². The van der Waals surface area contributed by atoms with E-state index in [9.17, 15) is 13.2 Å². The van der Waals surface area contributed by atoms with E-state index in [4.69, 9.17) is 4.74 Å². The first-order valence-corrected chi connectivity index (χ1v) is 10.2. The summed E-state index contributed by atoms with van der Waals surface area (Å²) in [5.74, 6) is 0.789. The van der Waals surface area contributed by atoms with Gasteiger partial charge in [-0.2, -0.15) is 0 Å². The van der Waals surface area contributed by atoms with Gasteiger partial charge in [-0.05, 0) is 30.2 Å². The highest BCUT2D eigenvalue weighted by atomic mass is 32.2. The van der Waals surface area contributed by atoms with Gasteiger partial charge < -0.3 is 9.64 Å². The summed E-state index contributed by atoms with van der Waals surface area (Å²) in [5.41, 5.74) is 1.18. The zero-order valence-electron chi connectivity index (χ0n) is 13.8. The third-order valence-electron chi connectivity index (χ3n) is 4.87. The van der Waals surface area contributed by atoms with Gasteiger partial charge >= 0.3 is 0 Å². The van der Waals surface area contributed by atoms with Crippen molar-refractivity contribution in [2.75, 3.05) is 25.9 Å². The number of fused-ring (bicyclic) bond motifs is 1. The largest absolute Gasteiger partial charge is 0.374 e. The van der Waals surface area contributed by atoms with E-state index in [0.29, 0.717) is 31.5 Å². The molecule has 1 saturated heterocycles. The molecule has 3 atom stereocenters. The van der Waals surface area contributed by atoms with Crippen LogP contribution in [0.3, 0.4) is 0 Å². The summed E-state index contributed by atoms with van der Waals surface area (Å²) in [5, 5.41) is 0. The molecule has 3 rings (SSSR count). The molecule has 1 saturated carbocycles. The molecule has 0 aromatic heterocycles. The van der Waals surface area contributed by atoms with Crippen LogP contribution in [0.1, 0.15) is 18.4 Å². The van der Waals surface area contributed by atoms with Crippen molar-refractivity contribution in [2.24, 2.45) is 11.8 Å². The Hall–Kier alpha value is -1.44. The second-order valence-corrected chi connectivity index (χ2v) is 8.64. The van der Waals surface area contributed by atoms with E-state index >= 15 is 0 Å². The van der Waals surface area contributed by atoms with Crippen molar-refractivity contribution in [3.8, 4) is 0 Å². The van der Waals surface area contributed by atoms with Crippen molar-refractivity contribution in [2.45, 2.75) is 25.6 Å². The van der Waals surface area contributed by atoms with Crippen molar-refractivity contribution >= 4 is 15.9 Å². The minimum atomic E-state index is -3.33. The van der Waals surface area contributed by atoms with Crippen LogP contribution in [0.2, 0.25) is 0 Å². The summed E-state index contributed by atoms with van der Waals surface area (Å²) in [4.78, 5) is 13.9. The maximum absolute atomic E-state index is 12.1. The molecule has 6 nitrogen and oxygen atoms in total. The zero-order chi connectivity index (χ0) is 17.2. The Labute approximate surface area is 143 Å². The molecule has 1 aromatic rings. The second kappa shape index (κ2) is 7.21. The van der Waals surface area contributed by atoms with E-state index in [2.05, 4.69) is 16.9 Å². The molecule has 2 aliphatic rings. The molecule has 0 bridgehead atoms. The maximum Gasteiger partial charge on any atom is 0.237 e. The van der Waals surface area contributed by atoms with Gasteiger partial charge in [0.1, 0.15) is 0 Å². The topological polar surface area (TPSA) is 75.7 Å². The minimum absolute atomic E-state index is 0.142. The second-order valence-electron chi connectivity index (χ2n) is 6.80. The highest BCUT2D eigenvalue weighted by Gasteiger charge is 2.42. The van der Waals surface area contributed by atoms with Gasteiger partial charge in [0, 0.05) is 13.1 Å². The highest BCUT2D eigenvalue weighted by Crippen LogP contribution is 2.39.